The average Bonchev–Trinajstić information content (AvgIpc) is 3.64. The monoisotopic (exact) mass is 929 g/mol. The van der Waals surface area contributed by atoms with Crippen molar-refractivity contribution in [2.45, 2.75) is 106 Å². The van der Waals surface area contributed by atoms with Crippen molar-refractivity contribution in [3.8, 4) is 0 Å². The molecule has 2 aliphatic heterocycles. The molecule has 2 heterocycles. The summed E-state index contributed by atoms with van der Waals surface area (Å²) in [6, 6.07) is 18.5. The summed E-state index contributed by atoms with van der Waals surface area (Å²) in [6.07, 6.45) is -19.6. The van der Waals surface area contributed by atoms with Crippen LogP contribution in [0.25, 0.3) is 31.3 Å². The fraction of sp³-hybridized carbons (Fsp3) is 0.452. The minimum absolute atomic E-state index is 0.0273. The second-order valence-corrected chi connectivity index (χ2v) is 15.1. The van der Waals surface area contributed by atoms with E-state index in [0.29, 0.717) is 0 Å². The number of aliphatic hydroxyl groups excluding tert-OH is 2. The summed E-state index contributed by atoms with van der Waals surface area (Å²) in [6.45, 7) is 0.825. The van der Waals surface area contributed by atoms with Gasteiger partial charge in [-0.2, -0.15) is 0 Å². The number of carbonyl (C=O) groups excluding carboxylic acids is 5. The van der Waals surface area contributed by atoms with Gasteiger partial charge in [0.2, 0.25) is 0 Å². The zero-order chi connectivity index (χ0) is 48.0. The van der Waals surface area contributed by atoms with Gasteiger partial charge in [-0.1, -0.05) is 69.9 Å². The van der Waals surface area contributed by atoms with Gasteiger partial charge in [0, 0.05) is 28.6 Å². The van der Waals surface area contributed by atoms with Gasteiger partial charge in [-0.25, -0.2) is 14.4 Å². The smallest absolute Gasteiger partial charge is 0.338 e. The molecule has 2 saturated heterocycles. The molecular weight excluding hydrogens is 887 g/mol. The molecule has 0 bridgehead atoms. The van der Waals surface area contributed by atoms with E-state index in [0.717, 1.165) is 13.8 Å². The molecule has 6 rings (SSSR count). The Morgan fingerprint density at radius 3 is 1.55 bits per heavy atom. The highest BCUT2D eigenvalue weighted by Gasteiger charge is 2.57. The lowest BCUT2D eigenvalue weighted by molar-refractivity contribution is -0.311. The molecule has 25 nitrogen and oxygen atoms in total. The zero-order valence-electron chi connectivity index (χ0n) is 35.5. The lowest BCUT2D eigenvalue weighted by Crippen LogP contribution is -2.64. The van der Waals surface area contributed by atoms with Crippen LogP contribution in [0, 0.1) is 0 Å². The van der Waals surface area contributed by atoms with Crippen molar-refractivity contribution < 1.29 is 76.8 Å². The Labute approximate surface area is 379 Å². The van der Waals surface area contributed by atoms with E-state index < -0.39 is 135 Å². The summed E-state index contributed by atoms with van der Waals surface area (Å²) in [7, 11) is 0. The van der Waals surface area contributed by atoms with E-state index in [9.17, 15) is 50.8 Å². The number of ether oxygens (including phenoxy) is 9. The molecular formula is C42H43N9O16. The Kier molecular flexibility index (Phi) is 17.0. The van der Waals surface area contributed by atoms with Crippen LogP contribution in [0.4, 0.5) is 0 Å². The second-order valence-electron chi connectivity index (χ2n) is 15.1. The molecule has 3 fully saturated rings. The Morgan fingerprint density at radius 1 is 0.552 bits per heavy atom. The largest absolute Gasteiger partial charge is 0.463 e. The summed E-state index contributed by atoms with van der Waals surface area (Å²) >= 11 is 0. The van der Waals surface area contributed by atoms with E-state index in [-0.39, 0.29) is 16.7 Å². The summed E-state index contributed by atoms with van der Waals surface area (Å²) < 4.78 is 53.4. The number of nitrogens with zero attached hydrogens (tertiary/aromatic N) is 9. The number of rotatable bonds is 17. The molecule has 67 heavy (non-hydrogen) atoms. The van der Waals surface area contributed by atoms with Crippen LogP contribution in [-0.4, -0.2) is 139 Å². The molecule has 0 spiro atoms. The normalized spacial score (nSPS) is 29.9. The van der Waals surface area contributed by atoms with E-state index in [1.807, 2.05) is 0 Å². The minimum Gasteiger partial charge on any atom is -0.463 e. The van der Waals surface area contributed by atoms with Gasteiger partial charge in [-0.3, -0.25) is 9.59 Å². The SMILES string of the molecule is CC(=O)OCC1O[C@H](O[C@@H]2C(N=[N+]=[N-])C[C@@H](N=[N+]=[N-])[C@@H](OC(C)=O)C2O[C@@H]2O[C@H](COC(=O)c3ccccc3)C(OC(=O)c3ccccc3)[C@@H]2OC(=O)c2ccccc2)C(N=[N+]=[N-])[C@@H](O)[C@@H]1O. The molecule has 3 aliphatic rings. The average molecular weight is 930 g/mol. The molecule has 352 valence electrons. The highest BCUT2D eigenvalue weighted by atomic mass is 16.8. The molecule has 14 atom stereocenters. The number of esters is 5. The van der Waals surface area contributed by atoms with Gasteiger partial charge in [-0.05, 0) is 59.4 Å². The maximum Gasteiger partial charge on any atom is 0.338 e. The van der Waals surface area contributed by atoms with E-state index in [1.54, 1.807) is 54.6 Å². The lowest BCUT2D eigenvalue weighted by Gasteiger charge is -2.47. The lowest BCUT2D eigenvalue weighted by atomic mass is 9.83. The van der Waals surface area contributed by atoms with Crippen molar-refractivity contribution in [1.29, 1.82) is 0 Å². The zero-order valence-corrected chi connectivity index (χ0v) is 35.5. The molecule has 3 aromatic carbocycles. The van der Waals surface area contributed by atoms with E-state index >= 15 is 0 Å². The molecule has 1 aliphatic carbocycles. The number of aliphatic hydroxyl groups is 2. The maximum absolute atomic E-state index is 13.9. The molecule has 3 aromatic rings. The van der Waals surface area contributed by atoms with Crippen LogP contribution in [0.2, 0.25) is 0 Å². The van der Waals surface area contributed by atoms with Crippen molar-refractivity contribution in [2.24, 2.45) is 15.3 Å². The summed E-state index contributed by atoms with van der Waals surface area (Å²) in [5.74, 6) is -4.45. The molecule has 5 unspecified atom stereocenters. The predicted octanol–water partition coefficient (Wildman–Crippen LogP) is 4.17. The van der Waals surface area contributed by atoms with Gasteiger partial charge < -0.3 is 52.8 Å². The summed E-state index contributed by atoms with van der Waals surface area (Å²) in [4.78, 5) is 73.9. The Balaban J connectivity index is 1.45. The Hall–Kier alpha value is -7.30. The van der Waals surface area contributed by atoms with E-state index in [2.05, 4.69) is 30.1 Å². The fourth-order valence-corrected chi connectivity index (χ4v) is 7.57. The predicted molar refractivity (Wildman–Crippen MR) is 223 cm³/mol. The number of hydrogen-bond donors (Lipinski definition) is 2. The van der Waals surface area contributed by atoms with E-state index in [4.69, 9.17) is 42.6 Å². The maximum atomic E-state index is 13.9. The van der Waals surface area contributed by atoms with Crippen LogP contribution in [0.3, 0.4) is 0 Å². The standard InChI is InChI=1S/C42H43N9O16/c1-21(52)59-19-28-31(54)32(55)30(48-51-45)41(62-28)66-34-27(47-50-44)18-26(46-49-43)33(61-22(2)53)36(34)67-42-37(65-40(58)25-16-10-5-11-17-25)35(64-39(57)24-14-8-4-9-15-24)29(63-42)20-60-38(56)23-12-6-3-7-13-23/h3-17,26-37,41-42,54-55H,18-20H2,1-2H3/t26-,27?,28?,29-,30?,31-,32-,33-,34-,35?,36?,37+,41-,42+/m1/s1. The first kappa shape index (κ1) is 49.1. The topological polar surface area (TPSA) is 355 Å². The number of carbonyl (C=O) groups is 5. The van der Waals surface area contributed by atoms with Gasteiger partial charge in [0.15, 0.2) is 24.8 Å². The Bertz CT molecular complexity index is 2370. The van der Waals surface area contributed by atoms with Crippen molar-refractivity contribution >= 4 is 29.8 Å². The van der Waals surface area contributed by atoms with Crippen LogP contribution >= 0.6 is 0 Å². The number of benzene rings is 3. The highest BCUT2D eigenvalue weighted by Crippen LogP contribution is 2.39. The number of azide groups is 3. The van der Waals surface area contributed by atoms with E-state index in [1.165, 1.54) is 36.4 Å². The molecule has 25 heteroatoms. The van der Waals surface area contributed by atoms with Gasteiger partial charge in [0.25, 0.3) is 0 Å². The van der Waals surface area contributed by atoms with Crippen molar-refractivity contribution in [1.82, 2.24) is 0 Å². The van der Waals surface area contributed by atoms with Crippen molar-refractivity contribution in [3.63, 3.8) is 0 Å². The van der Waals surface area contributed by atoms with Crippen LogP contribution in [0.15, 0.2) is 106 Å². The highest BCUT2D eigenvalue weighted by molar-refractivity contribution is 5.91. The van der Waals surface area contributed by atoms with Gasteiger partial charge in [0.05, 0.1) is 41.0 Å². The number of hydrogen-bond acceptors (Lipinski definition) is 19. The molecule has 1 saturated carbocycles. The first-order chi connectivity index (χ1) is 32.3. The van der Waals surface area contributed by atoms with Crippen LogP contribution in [-0.2, 0) is 52.2 Å². The van der Waals surface area contributed by atoms with Gasteiger partial charge in [0.1, 0.15) is 49.8 Å². The first-order valence-electron chi connectivity index (χ1n) is 20.5. The molecule has 0 radical (unpaired) electrons. The second kappa shape index (κ2) is 23.2. The summed E-state index contributed by atoms with van der Waals surface area (Å²) in [5.41, 5.74) is 29.1. The van der Waals surface area contributed by atoms with Gasteiger partial charge >= 0.3 is 29.8 Å². The van der Waals surface area contributed by atoms with Crippen molar-refractivity contribution in [2.75, 3.05) is 13.2 Å². The molecule has 0 aromatic heterocycles. The summed E-state index contributed by atoms with van der Waals surface area (Å²) in [5, 5.41) is 33.2. The molecule has 2 N–H and O–H groups in total. The van der Waals surface area contributed by atoms with Gasteiger partial charge in [-0.15, -0.1) is 0 Å². The van der Waals surface area contributed by atoms with Crippen LogP contribution in [0.5, 0.6) is 0 Å². The quantitative estimate of drug-likeness (QED) is 0.0630. The first-order valence-corrected chi connectivity index (χ1v) is 20.5. The minimum atomic E-state index is -1.92. The molecule has 0 amide bonds. The van der Waals surface area contributed by atoms with Crippen molar-refractivity contribution in [3.05, 3.63) is 139 Å². The van der Waals surface area contributed by atoms with Crippen LogP contribution < -0.4 is 0 Å². The van der Waals surface area contributed by atoms with Crippen LogP contribution in [0.1, 0.15) is 51.3 Å². The Morgan fingerprint density at radius 2 is 1.03 bits per heavy atom. The third-order valence-corrected chi connectivity index (χ3v) is 10.6. The fourth-order valence-electron chi connectivity index (χ4n) is 7.57. The third kappa shape index (κ3) is 12.3. The third-order valence-electron chi connectivity index (χ3n) is 10.6.